The van der Waals surface area contributed by atoms with E-state index in [0.29, 0.717) is 5.16 Å². The van der Waals surface area contributed by atoms with E-state index in [1.54, 1.807) is 0 Å². The van der Waals surface area contributed by atoms with Crippen LogP contribution in [0.2, 0.25) is 0 Å². The molecule has 7 nitrogen and oxygen atoms in total. The lowest BCUT2D eigenvalue weighted by Crippen LogP contribution is -2.31. The van der Waals surface area contributed by atoms with Crippen LogP contribution >= 0.6 is 11.8 Å². The number of amides is 1. The third-order valence-electron chi connectivity index (χ3n) is 3.62. The molecule has 4 N–H and O–H groups in total. The van der Waals surface area contributed by atoms with Crippen LogP contribution < -0.4 is 11.5 Å². The standard InChI is InChI=1S/C15H18N6OS/c16-13-18-14(17)20-15(19-13)23-11(10-6-2-1-3-7-10)12(22)21-8-4-5-9-21/h1-3,6-7,11H,4-5,8-9H2,(H4,16,17,18,19,20)/t11-/m1/s1. The molecule has 1 fully saturated rings. The molecule has 0 radical (unpaired) electrons. The van der Waals surface area contributed by atoms with Crippen molar-refractivity contribution in [2.24, 2.45) is 0 Å². The van der Waals surface area contributed by atoms with Crippen LogP contribution in [0.25, 0.3) is 0 Å². The van der Waals surface area contributed by atoms with Gasteiger partial charge in [-0.1, -0.05) is 42.1 Å². The molecule has 1 aliphatic heterocycles. The van der Waals surface area contributed by atoms with Crippen molar-refractivity contribution >= 4 is 29.6 Å². The number of hydrogen-bond acceptors (Lipinski definition) is 7. The van der Waals surface area contributed by atoms with Gasteiger partial charge < -0.3 is 16.4 Å². The lowest BCUT2D eigenvalue weighted by Gasteiger charge is -2.22. The molecule has 0 saturated carbocycles. The number of anilines is 2. The molecular formula is C15H18N6OS. The van der Waals surface area contributed by atoms with Gasteiger partial charge in [-0.25, -0.2) is 0 Å². The Hall–Kier alpha value is -2.35. The van der Waals surface area contributed by atoms with Gasteiger partial charge in [0.05, 0.1) is 0 Å². The Morgan fingerprint density at radius 1 is 1.04 bits per heavy atom. The summed E-state index contributed by atoms with van der Waals surface area (Å²) in [7, 11) is 0. The van der Waals surface area contributed by atoms with E-state index in [2.05, 4.69) is 15.0 Å². The zero-order valence-corrected chi connectivity index (χ0v) is 13.4. The summed E-state index contributed by atoms with van der Waals surface area (Å²) in [5.74, 6) is 0.178. The molecule has 120 valence electrons. The molecule has 23 heavy (non-hydrogen) atoms. The summed E-state index contributed by atoms with van der Waals surface area (Å²) in [6.45, 7) is 1.59. The van der Waals surface area contributed by atoms with E-state index in [9.17, 15) is 4.79 Å². The Morgan fingerprint density at radius 2 is 1.65 bits per heavy atom. The average molecular weight is 330 g/mol. The van der Waals surface area contributed by atoms with Crippen molar-refractivity contribution in [3.63, 3.8) is 0 Å². The molecule has 0 aliphatic carbocycles. The normalized spacial score (nSPS) is 15.6. The quantitative estimate of drug-likeness (QED) is 0.817. The van der Waals surface area contributed by atoms with Gasteiger partial charge in [-0.15, -0.1) is 0 Å². The van der Waals surface area contributed by atoms with Crippen LogP contribution in [0.3, 0.4) is 0 Å². The maximum atomic E-state index is 12.9. The molecule has 2 heterocycles. The van der Waals surface area contributed by atoms with E-state index < -0.39 is 5.25 Å². The first kappa shape index (κ1) is 15.5. The highest BCUT2D eigenvalue weighted by Crippen LogP contribution is 2.36. The van der Waals surface area contributed by atoms with Gasteiger partial charge in [-0.05, 0) is 18.4 Å². The first-order valence-electron chi connectivity index (χ1n) is 7.41. The molecule has 1 aromatic heterocycles. The number of hydrogen-bond donors (Lipinski definition) is 2. The zero-order valence-electron chi connectivity index (χ0n) is 12.6. The lowest BCUT2D eigenvalue weighted by atomic mass is 10.1. The van der Waals surface area contributed by atoms with Crippen molar-refractivity contribution in [2.45, 2.75) is 23.2 Å². The Labute approximate surface area is 138 Å². The van der Waals surface area contributed by atoms with E-state index in [0.717, 1.165) is 31.5 Å². The summed E-state index contributed by atoms with van der Waals surface area (Å²) in [5.41, 5.74) is 12.2. The maximum Gasteiger partial charge on any atom is 0.240 e. The number of likely N-dealkylation sites (tertiary alicyclic amines) is 1. The van der Waals surface area contributed by atoms with Crippen molar-refractivity contribution in [3.8, 4) is 0 Å². The van der Waals surface area contributed by atoms with Crippen molar-refractivity contribution in [3.05, 3.63) is 35.9 Å². The predicted octanol–water partition coefficient (Wildman–Crippen LogP) is 1.49. The van der Waals surface area contributed by atoms with Gasteiger partial charge in [0.25, 0.3) is 0 Å². The third-order valence-corrected chi connectivity index (χ3v) is 4.72. The largest absolute Gasteiger partial charge is 0.368 e. The van der Waals surface area contributed by atoms with Crippen LogP contribution in [-0.4, -0.2) is 38.8 Å². The lowest BCUT2D eigenvalue weighted by molar-refractivity contribution is -0.129. The third kappa shape index (κ3) is 3.70. The molecule has 1 aromatic carbocycles. The Balaban J connectivity index is 1.90. The SMILES string of the molecule is Nc1nc(N)nc(S[C@@H](C(=O)N2CCCC2)c2ccccc2)n1. The molecule has 1 amide bonds. The number of rotatable bonds is 4. The minimum absolute atomic E-state index is 0.0560. The Bertz CT molecular complexity index is 669. The van der Waals surface area contributed by atoms with Crippen molar-refractivity contribution in [1.82, 2.24) is 19.9 Å². The molecule has 0 bridgehead atoms. The first-order valence-corrected chi connectivity index (χ1v) is 8.29. The highest BCUT2D eigenvalue weighted by molar-refractivity contribution is 8.00. The number of aromatic nitrogens is 3. The van der Waals surface area contributed by atoms with Gasteiger partial charge in [-0.2, -0.15) is 15.0 Å². The maximum absolute atomic E-state index is 12.9. The number of thioether (sulfide) groups is 1. The number of carbonyl (C=O) groups is 1. The number of nitrogens with two attached hydrogens (primary N) is 2. The Morgan fingerprint density at radius 3 is 2.26 bits per heavy atom. The fourth-order valence-corrected chi connectivity index (χ4v) is 3.59. The van der Waals surface area contributed by atoms with Crippen LogP contribution in [0.4, 0.5) is 11.9 Å². The van der Waals surface area contributed by atoms with Gasteiger partial charge in [0.1, 0.15) is 5.25 Å². The van der Waals surface area contributed by atoms with Gasteiger partial charge in [0.15, 0.2) is 5.16 Å². The van der Waals surface area contributed by atoms with Crippen molar-refractivity contribution < 1.29 is 4.79 Å². The highest BCUT2D eigenvalue weighted by atomic mass is 32.2. The number of nitrogen functional groups attached to an aromatic ring is 2. The van der Waals surface area contributed by atoms with Crippen molar-refractivity contribution in [1.29, 1.82) is 0 Å². The van der Waals surface area contributed by atoms with Crippen LogP contribution in [-0.2, 0) is 4.79 Å². The first-order chi connectivity index (χ1) is 11.1. The minimum Gasteiger partial charge on any atom is -0.368 e. The predicted molar refractivity (Wildman–Crippen MR) is 89.5 cm³/mol. The molecule has 1 aliphatic rings. The van der Waals surface area contributed by atoms with E-state index in [-0.39, 0.29) is 17.8 Å². The minimum atomic E-state index is -0.421. The van der Waals surface area contributed by atoms with E-state index >= 15 is 0 Å². The van der Waals surface area contributed by atoms with Crippen LogP contribution in [0.1, 0.15) is 23.7 Å². The van der Waals surface area contributed by atoms with Gasteiger partial charge >= 0.3 is 0 Å². The van der Waals surface area contributed by atoms with E-state index in [1.165, 1.54) is 11.8 Å². The number of benzene rings is 1. The molecule has 0 unspecified atom stereocenters. The molecule has 1 saturated heterocycles. The second-order valence-electron chi connectivity index (χ2n) is 5.28. The zero-order chi connectivity index (χ0) is 16.2. The smallest absolute Gasteiger partial charge is 0.240 e. The summed E-state index contributed by atoms with van der Waals surface area (Å²) >= 11 is 1.25. The average Bonchev–Trinajstić information content (AvgIpc) is 3.06. The number of carbonyl (C=O) groups excluding carboxylic acids is 1. The molecule has 1 atom stereocenters. The van der Waals surface area contributed by atoms with Gasteiger partial charge in [0.2, 0.25) is 17.8 Å². The second-order valence-corrected chi connectivity index (χ2v) is 6.35. The van der Waals surface area contributed by atoms with E-state index in [4.69, 9.17) is 11.5 Å². The van der Waals surface area contributed by atoms with Crippen LogP contribution in [0, 0.1) is 0 Å². The van der Waals surface area contributed by atoms with Crippen LogP contribution in [0.5, 0.6) is 0 Å². The van der Waals surface area contributed by atoms with Crippen LogP contribution in [0.15, 0.2) is 35.5 Å². The van der Waals surface area contributed by atoms with Gasteiger partial charge in [-0.3, -0.25) is 4.79 Å². The molecule has 3 rings (SSSR count). The fraction of sp³-hybridized carbons (Fsp3) is 0.333. The summed E-state index contributed by atoms with van der Waals surface area (Å²) in [5, 5.41) is -0.0631. The monoisotopic (exact) mass is 330 g/mol. The summed E-state index contributed by atoms with van der Waals surface area (Å²) < 4.78 is 0. The fourth-order valence-electron chi connectivity index (χ4n) is 2.54. The highest BCUT2D eigenvalue weighted by Gasteiger charge is 2.29. The van der Waals surface area contributed by atoms with E-state index in [1.807, 2.05) is 35.2 Å². The summed E-state index contributed by atoms with van der Waals surface area (Å²) in [6.07, 6.45) is 2.09. The molecule has 2 aromatic rings. The topological polar surface area (TPSA) is 111 Å². The Kier molecular flexibility index (Phi) is 4.61. The summed E-state index contributed by atoms with van der Waals surface area (Å²) in [6, 6.07) is 9.61. The van der Waals surface area contributed by atoms with Crippen molar-refractivity contribution in [2.75, 3.05) is 24.6 Å². The number of nitrogens with zero attached hydrogens (tertiary/aromatic N) is 4. The molecular weight excluding hydrogens is 312 g/mol. The summed E-state index contributed by atoms with van der Waals surface area (Å²) in [4.78, 5) is 26.7. The molecule has 0 spiro atoms. The molecule has 8 heteroatoms. The second kappa shape index (κ2) is 6.82. The van der Waals surface area contributed by atoms with Gasteiger partial charge in [0, 0.05) is 13.1 Å².